The van der Waals surface area contributed by atoms with Crippen LogP contribution in [-0.4, -0.2) is 0 Å². The van der Waals surface area contributed by atoms with E-state index in [2.05, 4.69) is 28.1 Å². The van der Waals surface area contributed by atoms with Crippen LogP contribution in [0, 0.1) is 0 Å². The fraction of sp³-hybridized carbons (Fsp3) is 0. The van der Waals surface area contributed by atoms with Crippen LogP contribution in [0.4, 0.5) is 5.69 Å². The largest absolute Gasteiger partial charge is 0.449 e. The Labute approximate surface area is 139 Å². The topological polar surface area (TPSA) is 63.6 Å². The monoisotopic (exact) mass is 365 g/mol. The highest BCUT2D eigenvalue weighted by Gasteiger charge is 2.38. The normalized spacial score (nSPS) is 13.8. The minimum absolute atomic E-state index is 0.645. The molecule has 0 aromatic heterocycles. The zero-order valence-corrected chi connectivity index (χ0v) is 13.2. The number of nitrogens with two attached hydrogens (primary N) is 1. The van der Waals surface area contributed by atoms with Gasteiger partial charge in [0.25, 0.3) is 0 Å². The molecule has 3 aromatic carbocycles. The lowest BCUT2D eigenvalue weighted by atomic mass is 10.00. The Kier molecular flexibility index (Phi) is 1.87. The van der Waals surface area contributed by atoms with E-state index >= 15 is 0 Å². The molecular formula is C18H8BrNO3. The van der Waals surface area contributed by atoms with Crippen LogP contribution >= 0.6 is 15.9 Å². The SMILES string of the molecule is Nc1c(Br)cc(-c2ccc(-c3cccc4c3O4)c3c2O3)c2c1O2. The van der Waals surface area contributed by atoms with Crippen LogP contribution in [-0.2, 0) is 0 Å². The highest BCUT2D eigenvalue weighted by atomic mass is 79.9. The number of anilines is 1. The van der Waals surface area contributed by atoms with Crippen LogP contribution in [0.3, 0.4) is 0 Å². The highest BCUT2D eigenvalue weighted by Crippen LogP contribution is 2.65. The summed E-state index contributed by atoms with van der Waals surface area (Å²) in [5.41, 5.74) is 10.7. The Balaban J connectivity index is 1.51. The van der Waals surface area contributed by atoms with Gasteiger partial charge in [-0.2, -0.15) is 0 Å². The molecule has 23 heavy (non-hydrogen) atoms. The molecule has 2 N–H and O–H groups in total. The van der Waals surface area contributed by atoms with Crippen molar-refractivity contribution in [3.8, 4) is 56.8 Å². The van der Waals surface area contributed by atoms with Gasteiger partial charge in [-0.3, -0.25) is 0 Å². The Morgan fingerprint density at radius 1 is 0.696 bits per heavy atom. The average Bonchev–Trinajstić information content (AvgIpc) is 3.43. The Bertz CT molecular complexity index is 1070. The predicted octanol–water partition coefficient (Wildman–Crippen LogP) is 5.68. The van der Waals surface area contributed by atoms with Crippen molar-refractivity contribution in [2.24, 2.45) is 0 Å². The van der Waals surface area contributed by atoms with Crippen LogP contribution in [0.25, 0.3) is 22.3 Å². The molecule has 0 spiro atoms. The third-order valence-corrected chi connectivity index (χ3v) is 5.05. The summed E-state index contributed by atoms with van der Waals surface area (Å²) >= 11 is 3.47. The standard InChI is InChI=1S/C18H8BrNO3/c19-11-6-10(17-18(23-17)13(11)20)9-5-4-8(15-16(9)22-15)7-2-1-3-12-14(7)21-12/h1-6H,20H2. The summed E-state index contributed by atoms with van der Waals surface area (Å²) in [5, 5.41) is 0. The van der Waals surface area contributed by atoms with Crippen LogP contribution in [0.1, 0.15) is 0 Å². The number of hydrogen-bond acceptors (Lipinski definition) is 4. The minimum Gasteiger partial charge on any atom is -0.449 e. The van der Waals surface area contributed by atoms with E-state index in [0.717, 1.165) is 61.2 Å². The maximum absolute atomic E-state index is 5.94. The van der Waals surface area contributed by atoms with Gasteiger partial charge in [-0.15, -0.1) is 0 Å². The zero-order chi connectivity index (χ0) is 15.3. The molecular weight excluding hydrogens is 358 g/mol. The second-order valence-corrected chi connectivity index (χ2v) is 6.59. The molecule has 0 radical (unpaired) electrons. The Morgan fingerprint density at radius 2 is 1.35 bits per heavy atom. The number of benzene rings is 3. The molecule has 110 valence electrons. The molecule has 0 atom stereocenters. The quantitative estimate of drug-likeness (QED) is 0.316. The van der Waals surface area contributed by atoms with E-state index in [1.807, 2.05) is 24.3 Å². The highest BCUT2D eigenvalue weighted by molar-refractivity contribution is 9.10. The fourth-order valence-electron chi connectivity index (χ4n) is 3.08. The molecule has 0 fully saturated rings. The predicted molar refractivity (Wildman–Crippen MR) is 89.6 cm³/mol. The summed E-state index contributed by atoms with van der Waals surface area (Å²) in [6.45, 7) is 0. The van der Waals surface area contributed by atoms with E-state index in [1.165, 1.54) is 0 Å². The molecule has 3 heterocycles. The maximum Gasteiger partial charge on any atom is 0.194 e. The maximum atomic E-state index is 5.94. The van der Waals surface area contributed by atoms with E-state index in [4.69, 9.17) is 19.9 Å². The second kappa shape index (κ2) is 3.63. The molecule has 0 aliphatic carbocycles. The van der Waals surface area contributed by atoms with Crippen LogP contribution in [0.2, 0.25) is 0 Å². The lowest BCUT2D eigenvalue weighted by Crippen LogP contribution is -1.82. The summed E-state index contributed by atoms with van der Waals surface area (Å²) in [5.74, 6) is 5.30. The molecule has 0 saturated heterocycles. The van der Waals surface area contributed by atoms with Gasteiger partial charge in [0.05, 0.1) is 5.69 Å². The summed E-state index contributed by atoms with van der Waals surface area (Å²) in [6, 6.07) is 12.1. The summed E-state index contributed by atoms with van der Waals surface area (Å²) in [6.07, 6.45) is 0. The first kappa shape index (κ1) is 11.8. The summed E-state index contributed by atoms with van der Waals surface area (Å²) < 4.78 is 17.6. The fourth-order valence-corrected chi connectivity index (χ4v) is 3.49. The minimum atomic E-state index is 0.645. The molecule has 0 amide bonds. The van der Waals surface area contributed by atoms with E-state index in [-0.39, 0.29) is 0 Å². The number of hydrogen-bond donors (Lipinski definition) is 1. The van der Waals surface area contributed by atoms with Crippen molar-refractivity contribution in [2.75, 3.05) is 5.73 Å². The lowest BCUT2D eigenvalue weighted by molar-refractivity contribution is 0.645. The Hall–Kier alpha value is -2.66. The molecule has 0 unspecified atom stereocenters. The van der Waals surface area contributed by atoms with Crippen molar-refractivity contribution in [3.05, 3.63) is 40.9 Å². The van der Waals surface area contributed by atoms with Gasteiger partial charge in [0, 0.05) is 26.7 Å². The number of nitrogen functional groups attached to an aromatic ring is 1. The number of halogens is 1. The first-order chi connectivity index (χ1) is 11.2. The van der Waals surface area contributed by atoms with Gasteiger partial charge in [0.1, 0.15) is 0 Å². The molecule has 6 rings (SSSR count). The molecule has 0 bridgehead atoms. The van der Waals surface area contributed by atoms with Gasteiger partial charge in [-0.25, -0.2) is 0 Å². The van der Waals surface area contributed by atoms with Crippen molar-refractivity contribution in [1.82, 2.24) is 0 Å². The second-order valence-electron chi connectivity index (χ2n) is 5.74. The molecule has 3 aromatic rings. The van der Waals surface area contributed by atoms with E-state index < -0.39 is 0 Å². The number of ether oxygens (including phenoxy) is 3. The summed E-state index contributed by atoms with van der Waals surface area (Å²) in [4.78, 5) is 0. The van der Waals surface area contributed by atoms with Crippen molar-refractivity contribution in [2.45, 2.75) is 0 Å². The smallest absolute Gasteiger partial charge is 0.194 e. The van der Waals surface area contributed by atoms with E-state index in [9.17, 15) is 0 Å². The van der Waals surface area contributed by atoms with Gasteiger partial charge in [-0.1, -0.05) is 12.1 Å². The molecule has 5 heteroatoms. The van der Waals surface area contributed by atoms with Gasteiger partial charge in [-0.05, 0) is 40.2 Å². The number of rotatable bonds is 2. The van der Waals surface area contributed by atoms with Crippen molar-refractivity contribution >= 4 is 21.6 Å². The first-order valence-corrected chi connectivity index (χ1v) is 7.98. The molecule has 3 aliphatic heterocycles. The summed E-state index contributed by atoms with van der Waals surface area (Å²) in [7, 11) is 0. The van der Waals surface area contributed by atoms with E-state index in [1.54, 1.807) is 0 Å². The van der Waals surface area contributed by atoms with Crippen molar-refractivity contribution < 1.29 is 14.2 Å². The van der Waals surface area contributed by atoms with Gasteiger partial charge < -0.3 is 19.9 Å². The number of para-hydroxylation sites is 1. The third-order valence-electron chi connectivity index (χ3n) is 4.39. The third kappa shape index (κ3) is 1.50. The van der Waals surface area contributed by atoms with Crippen LogP contribution in [0.5, 0.6) is 34.5 Å². The van der Waals surface area contributed by atoms with Gasteiger partial charge >= 0.3 is 0 Å². The lowest BCUT2D eigenvalue weighted by Gasteiger charge is -2.00. The molecule has 0 saturated carbocycles. The molecule has 3 aliphatic rings. The van der Waals surface area contributed by atoms with Crippen molar-refractivity contribution in [3.63, 3.8) is 0 Å². The molecule has 4 nitrogen and oxygen atoms in total. The zero-order valence-electron chi connectivity index (χ0n) is 11.6. The van der Waals surface area contributed by atoms with Crippen LogP contribution < -0.4 is 19.9 Å². The number of fused-ring (bicyclic) bond motifs is 3. The first-order valence-electron chi connectivity index (χ1n) is 7.18. The van der Waals surface area contributed by atoms with E-state index in [0.29, 0.717) is 5.69 Å². The average molecular weight is 366 g/mol. The van der Waals surface area contributed by atoms with Crippen LogP contribution in [0.15, 0.2) is 40.9 Å². The Morgan fingerprint density at radius 3 is 2.17 bits per heavy atom. The van der Waals surface area contributed by atoms with Crippen molar-refractivity contribution in [1.29, 1.82) is 0 Å². The van der Waals surface area contributed by atoms with Gasteiger partial charge in [0.2, 0.25) is 0 Å². The van der Waals surface area contributed by atoms with Gasteiger partial charge in [0.15, 0.2) is 34.5 Å².